The van der Waals surface area contributed by atoms with E-state index in [0.29, 0.717) is 6.54 Å². The molecule has 0 spiro atoms. The van der Waals surface area contributed by atoms with Crippen LogP contribution in [-0.2, 0) is 23.2 Å². The van der Waals surface area contributed by atoms with E-state index < -0.39 is 37.0 Å². The lowest BCUT2D eigenvalue weighted by Crippen LogP contribution is -2.57. The van der Waals surface area contributed by atoms with Crippen molar-refractivity contribution in [2.45, 2.75) is 32.7 Å². The standard InChI is InChI=1S/C32H34NO6P/c1-4-38-40(37,39-5-2)21-27(34)32(3)19-12-20-33(30(32)31(35)36)26-18-11-17-25-23-15-9-10-16-24(23)28(29(25)26)22-13-7-6-8-14-22/h6-19,28,30H,4-5,20-21H2,1-3H3,(H,35,36)/t28?,30-,32-/m0/s1. The highest BCUT2D eigenvalue weighted by atomic mass is 31.2. The molecule has 1 aliphatic heterocycles. The molecule has 0 aromatic heterocycles. The van der Waals surface area contributed by atoms with Crippen molar-refractivity contribution in [2.24, 2.45) is 5.41 Å². The van der Waals surface area contributed by atoms with Gasteiger partial charge in [0.15, 0.2) is 5.78 Å². The monoisotopic (exact) mass is 559 g/mol. The van der Waals surface area contributed by atoms with Crippen LogP contribution in [0.1, 0.15) is 43.4 Å². The van der Waals surface area contributed by atoms with E-state index in [1.54, 1.807) is 31.7 Å². The van der Waals surface area contributed by atoms with Crippen molar-refractivity contribution < 1.29 is 28.3 Å². The summed E-state index contributed by atoms with van der Waals surface area (Å²) in [4.78, 5) is 28.6. The zero-order chi connectivity index (χ0) is 28.5. The van der Waals surface area contributed by atoms with Crippen molar-refractivity contribution in [1.29, 1.82) is 0 Å². The summed E-state index contributed by atoms with van der Waals surface area (Å²) in [6, 6.07) is 23.1. The fourth-order valence-corrected chi connectivity index (χ4v) is 7.89. The van der Waals surface area contributed by atoms with Crippen LogP contribution in [0.2, 0.25) is 0 Å². The number of carboxylic acid groups (broad SMARTS) is 1. The summed E-state index contributed by atoms with van der Waals surface area (Å²) >= 11 is 0. The molecule has 1 unspecified atom stereocenters. The smallest absolute Gasteiger partial charge is 0.338 e. The molecule has 0 radical (unpaired) electrons. The van der Waals surface area contributed by atoms with Gasteiger partial charge in [-0.3, -0.25) is 9.36 Å². The molecule has 208 valence electrons. The number of carbonyl (C=O) groups excluding carboxylic acids is 1. The maximum atomic E-state index is 13.8. The number of fused-ring (bicyclic) bond motifs is 3. The van der Waals surface area contributed by atoms with Gasteiger partial charge in [0.05, 0.1) is 18.6 Å². The molecule has 1 aliphatic carbocycles. The Labute approximate surface area is 235 Å². The van der Waals surface area contributed by atoms with E-state index in [-0.39, 0.29) is 19.1 Å². The van der Waals surface area contributed by atoms with Gasteiger partial charge in [-0.2, -0.15) is 0 Å². The van der Waals surface area contributed by atoms with Crippen LogP contribution in [0.4, 0.5) is 5.69 Å². The van der Waals surface area contributed by atoms with Gasteiger partial charge in [-0.15, -0.1) is 0 Å². The van der Waals surface area contributed by atoms with Crippen molar-refractivity contribution in [1.82, 2.24) is 0 Å². The third-order valence-corrected chi connectivity index (χ3v) is 9.82. The zero-order valence-electron chi connectivity index (χ0n) is 22.9. The highest BCUT2D eigenvalue weighted by Gasteiger charge is 2.51. The third-order valence-electron chi connectivity index (χ3n) is 7.85. The molecule has 7 nitrogen and oxygen atoms in total. The fraction of sp³-hybridized carbons (Fsp3) is 0.312. The van der Waals surface area contributed by atoms with Gasteiger partial charge in [-0.25, -0.2) is 4.79 Å². The molecule has 8 heteroatoms. The van der Waals surface area contributed by atoms with E-state index >= 15 is 0 Å². The molecular weight excluding hydrogens is 525 g/mol. The van der Waals surface area contributed by atoms with Crippen LogP contribution < -0.4 is 4.90 Å². The number of carboxylic acids is 1. The Kier molecular flexibility index (Phi) is 7.83. The topological polar surface area (TPSA) is 93.1 Å². The van der Waals surface area contributed by atoms with Gasteiger partial charge in [0.2, 0.25) is 0 Å². The van der Waals surface area contributed by atoms with Gasteiger partial charge in [0.25, 0.3) is 0 Å². The van der Waals surface area contributed by atoms with Crippen LogP contribution in [-0.4, -0.2) is 48.8 Å². The first kappa shape index (κ1) is 28.0. The van der Waals surface area contributed by atoms with Crippen molar-refractivity contribution in [3.05, 3.63) is 102 Å². The Hall–Kier alpha value is -3.51. The van der Waals surface area contributed by atoms with Crippen molar-refractivity contribution in [3.8, 4) is 11.1 Å². The largest absolute Gasteiger partial charge is 0.480 e. The van der Waals surface area contributed by atoms with E-state index in [1.165, 1.54) is 0 Å². The van der Waals surface area contributed by atoms with E-state index in [1.807, 2.05) is 48.5 Å². The predicted molar refractivity (Wildman–Crippen MR) is 156 cm³/mol. The van der Waals surface area contributed by atoms with Crippen LogP contribution >= 0.6 is 7.60 Å². The molecule has 0 amide bonds. The number of hydrogen-bond donors (Lipinski definition) is 1. The average molecular weight is 560 g/mol. The number of nitrogens with zero attached hydrogens (tertiary/aromatic N) is 1. The van der Waals surface area contributed by atoms with Crippen molar-refractivity contribution >= 4 is 25.0 Å². The summed E-state index contributed by atoms with van der Waals surface area (Å²) in [7, 11) is -3.73. The number of ketones is 1. The van der Waals surface area contributed by atoms with E-state index in [0.717, 1.165) is 33.5 Å². The number of anilines is 1. The van der Waals surface area contributed by atoms with Gasteiger partial charge < -0.3 is 19.1 Å². The minimum absolute atomic E-state index is 0.0953. The molecule has 40 heavy (non-hydrogen) atoms. The van der Waals surface area contributed by atoms with Crippen molar-refractivity contribution in [3.63, 3.8) is 0 Å². The number of rotatable bonds is 10. The Morgan fingerprint density at radius 1 is 0.950 bits per heavy atom. The molecule has 1 heterocycles. The highest BCUT2D eigenvalue weighted by molar-refractivity contribution is 7.54. The summed E-state index contributed by atoms with van der Waals surface area (Å²) < 4.78 is 24.0. The predicted octanol–water partition coefficient (Wildman–Crippen LogP) is 6.52. The molecule has 0 bridgehead atoms. The van der Waals surface area contributed by atoms with Crippen LogP contribution in [0.5, 0.6) is 0 Å². The summed E-state index contributed by atoms with van der Waals surface area (Å²) in [6.45, 7) is 5.50. The Morgan fingerprint density at radius 3 is 2.27 bits per heavy atom. The summed E-state index contributed by atoms with van der Waals surface area (Å²) in [6.07, 6.45) is 2.96. The number of carbonyl (C=O) groups is 2. The van der Waals surface area contributed by atoms with Gasteiger partial charge in [-0.05, 0) is 54.7 Å². The van der Waals surface area contributed by atoms with E-state index in [2.05, 4.69) is 30.3 Å². The Bertz CT molecular complexity index is 1490. The van der Waals surface area contributed by atoms with Crippen LogP contribution in [0.3, 0.4) is 0 Å². The molecular formula is C32H34NO6P. The normalized spacial score (nSPS) is 21.6. The first-order valence-electron chi connectivity index (χ1n) is 13.6. The Morgan fingerprint density at radius 2 is 1.60 bits per heavy atom. The first-order valence-corrected chi connectivity index (χ1v) is 15.3. The minimum Gasteiger partial charge on any atom is -0.480 e. The van der Waals surface area contributed by atoms with Crippen LogP contribution in [0, 0.1) is 5.41 Å². The molecule has 0 fully saturated rings. The zero-order valence-corrected chi connectivity index (χ0v) is 23.8. The summed E-state index contributed by atoms with van der Waals surface area (Å²) in [5.41, 5.74) is 4.73. The molecule has 3 aromatic rings. The molecule has 0 saturated heterocycles. The summed E-state index contributed by atoms with van der Waals surface area (Å²) in [5.74, 6) is -1.73. The summed E-state index contributed by atoms with van der Waals surface area (Å²) in [5, 5.41) is 10.6. The van der Waals surface area contributed by atoms with Crippen molar-refractivity contribution in [2.75, 3.05) is 30.8 Å². The third kappa shape index (κ3) is 4.83. The lowest BCUT2D eigenvalue weighted by Gasteiger charge is -2.44. The number of hydrogen-bond acceptors (Lipinski definition) is 6. The molecule has 3 aromatic carbocycles. The average Bonchev–Trinajstić information content (AvgIpc) is 3.28. The van der Waals surface area contributed by atoms with Gasteiger partial charge in [0, 0.05) is 18.2 Å². The second-order valence-corrected chi connectivity index (χ2v) is 12.3. The maximum Gasteiger partial charge on any atom is 0.338 e. The van der Waals surface area contributed by atoms with E-state index in [4.69, 9.17) is 9.05 Å². The van der Waals surface area contributed by atoms with Gasteiger partial charge >= 0.3 is 13.6 Å². The SMILES string of the molecule is CCOP(=O)(CC(=O)[C@]1(C)C=CCN(c2cccc3c2C(c2ccccc2)c2ccccc2-3)[C@H]1C(=O)O)OCC. The molecule has 0 saturated carbocycles. The number of Topliss-reactive ketones (excluding diaryl/α,β-unsaturated/α-hetero) is 1. The van der Waals surface area contributed by atoms with E-state index in [9.17, 15) is 19.3 Å². The first-order chi connectivity index (χ1) is 19.2. The molecule has 3 atom stereocenters. The molecule has 5 rings (SSSR count). The lowest BCUT2D eigenvalue weighted by molar-refractivity contribution is -0.144. The lowest BCUT2D eigenvalue weighted by atomic mass is 9.75. The van der Waals surface area contributed by atoms with Crippen LogP contribution in [0.25, 0.3) is 11.1 Å². The maximum absolute atomic E-state index is 13.8. The Balaban J connectivity index is 1.62. The van der Waals surface area contributed by atoms with Gasteiger partial charge in [-0.1, -0.05) is 78.9 Å². The van der Waals surface area contributed by atoms with Crippen LogP contribution in [0.15, 0.2) is 84.9 Å². The fourth-order valence-electron chi connectivity index (χ4n) is 6.16. The second-order valence-electron chi connectivity index (χ2n) is 10.3. The second kappa shape index (κ2) is 11.2. The highest BCUT2D eigenvalue weighted by Crippen LogP contribution is 2.54. The molecule has 2 aliphatic rings. The minimum atomic E-state index is -3.73. The van der Waals surface area contributed by atoms with Gasteiger partial charge in [0.1, 0.15) is 12.2 Å². The quantitative estimate of drug-likeness (QED) is 0.175. The number of aliphatic carboxylic acids is 1. The molecule has 1 N–H and O–H groups in total. The number of benzene rings is 3.